The second-order valence-electron chi connectivity index (χ2n) is 7.48. The summed E-state index contributed by atoms with van der Waals surface area (Å²) in [6.45, 7) is 4.09. The fourth-order valence-electron chi connectivity index (χ4n) is 3.39. The molecule has 0 saturated carbocycles. The van der Waals surface area contributed by atoms with E-state index in [1.165, 1.54) is 5.56 Å². The van der Waals surface area contributed by atoms with Gasteiger partial charge in [0.1, 0.15) is 5.01 Å². The van der Waals surface area contributed by atoms with Gasteiger partial charge in [0.2, 0.25) is 0 Å². The van der Waals surface area contributed by atoms with Crippen LogP contribution in [0.25, 0.3) is 44.4 Å². The smallest absolute Gasteiger partial charge is 0.328 e. The molecule has 3 nitrogen and oxygen atoms in total. The fraction of sp³-hybridized carbons (Fsp3) is 0.0714. The molecule has 0 unspecified atom stereocenters. The van der Waals surface area contributed by atoms with Crippen LogP contribution in [0.3, 0.4) is 0 Å². The van der Waals surface area contributed by atoms with Gasteiger partial charge in [-0.05, 0) is 36.6 Å². The van der Waals surface area contributed by atoms with Crippen LogP contribution in [0, 0.1) is 6.92 Å². The third kappa shape index (κ3) is 4.93. The first-order valence-corrected chi connectivity index (χ1v) is 11.2. The molecular weight excluding hydrogens is 414 g/mol. The third-order valence-electron chi connectivity index (χ3n) is 5.06. The van der Waals surface area contributed by atoms with Crippen molar-refractivity contribution in [2.75, 3.05) is 0 Å². The lowest BCUT2D eigenvalue weighted by Crippen LogP contribution is -1.86. The number of carbonyl (C=O) groups is 1. The van der Waals surface area contributed by atoms with Crippen LogP contribution in [0.5, 0.6) is 0 Å². The van der Waals surface area contributed by atoms with Crippen molar-refractivity contribution in [3.8, 4) is 32.3 Å². The Hall–Kier alpha value is -3.76. The molecule has 32 heavy (non-hydrogen) atoms. The molecule has 1 N–H and O–H groups in total. The number of allylic oxidation sites excluding steroid dienone is 1. The van der Waals surface area contributed by atoms with Crippen molar-refractivity contribution >= 4 is 29.5 Å². The number of carboxylic acid groups (broad SMARTS) is 1. The van der Waals surface area contributed by atoms with Crippen LogP contribution < -0.4 is 0 Å². The number of nitrogens with zero attached hydrogens (tertiary/aromatic N) is 1. The van der Waals surface area contributed by atoms with E-state index in [4.69, 9.17) is 10.1 Å². The minimum Gasteiger partial charge on any atom is -0.478 e. The minimum atomic E-state index is -0.958. The molecule has 1 aromatic heterocycles. The summed E-state index contributed by atoms with van der Waals surface area (Å²) in [5.41, 5.74) is 7.37. The van der Waals surface area contributed by atoms with E-state index in [2.05, 4.69) is 61.5 Å². The maximum atomic E-state index is 10.8. The van der Waals surface area contributed by atoms with E-state index in [0.29, 0.717) is 0 Å². The highest BCUT2D eigenvalue weighted by Crippen LogP contribution is 2.40. The van der Waals surface area contributed by atoms with Crippen molar-refractivity contribution in [2.45, 2.75) is 13.8 Å². The summed E-state index contributed by atoms with van der Waals surface area (Å²) in [5, 5.41) is 9.83. The van der Waals surface area contributed by atoms with E-state index in [1.54, 1.807) is 17.4 Å². The monoisotopic (exact) mass is 437 g/mol. The van der Waals surface area contributed by atoms with Crippen LogP contribution in [0.2, 0.25) is 0 Å². The summed E-state index contributed by atoms with van der Waals surface area (Å²) < 4.78 is 0. The Morgan fingerprint density at radius 1 is 0.812 bits per heavy atom. The van der Waals surface area contributed by atoms with Crippen molar-refractivity contribution < 1.29 is 9.90 Å². The van der Waals surface area contributed by atoms with Crippen molar-refractivity contribution in [3.05, 3.63) is 102 Å². The number of hydrogen-bond acceptors (Lipinski definition) is 3. The average molecular weight is 438 g/mol. The predicted molar refractivity (Wildman–Crippen MR) is 135 cm³/mol. The van der Waals surface area contributed by atoms with Gasteiger partial charge in [-0.15, -0.1) is 11.3 Å². The molecule has 0 spiro atoms. The Labute approximate surface area is 192 Å². The summed E-state index contributed by atoms with van der Waals surface area (Å²) in [7, 11) is 0. The van der Waals surface area contributed by atoms with E-state index in [0.717, 1.165) is 49.5 Å². The molecule has 0 saturated heterocycles. The molecule has 3 aromatic carbocycles. The molecule has 4 aromatic rings. The van der Waals surface area contributed by atoms with Crippen molar-refractivity contribution in [1.82, 2.24) is 4.98 Å². The first-order valence-electron chi connectivity index (χ1n) is 10.4. The Morgan fingerprint density at radius 2 is 1.38 bits per heavy atom. The normalized spacial score (nSPS) is 11.4. The van der Waals surface area contributed by atoms with Gasteiger partial charge in [-0.3, -0.25) is 0 Å². The van der Waals surface area contributed by atoms with Gasteiger partial charge in [0, 0.05) is 17.2 Å². The van der Waals surface area contributed by atoms with Gasteiger partial charge < -0.3 is 5.11 Å². The van der Waals surface area contributed by atoms with E-state index >= 15 is 0 Å². The maximum Gasteiger partial charge on any atom is 0.328 e. The van der Waals surface area contributed by atoms with Crippen LogP contribution in [0.15, 0.2) is 84.9 Å². The molecule has 4 heteroatoms. The first kappa shape index (κ1) is 21.5. The first-order chi connectivity index (χ1) is 15.5. The molecule has 0 bridgehead atoms. The standard InChI is InChI=1S/C28H23NO2S/c1-3-4-20-9-16-23(17-10-20)27-26(22-14-7-21(8-15-22)11-18-25(30)31)29-28(32-27)24-12-5-19(2)6-13-24/h3-18H,1-2H3,(H,30,31)/b4-3+,18-11+. The van der Waals surface area contributed by atoms with Crippen LogP contribution in [0.1, 0.15) is 23.6 Å². The second kappa shape index (κ2) is 9.58. The molecule has 4 rings (SSSR count). The number of thiazole rings is 1. The SMILES string of the molecule is C/C=C/c1ccc(-c2sc(-c3ccc(C)cc3)nc2-c2ccc(/C=C/C(=O)O)cc2)cc1. The van der Waals surface area contributed by atoms with E-state index in [9.17, 15) is 4.79 Å². The molecule has 0 aliphatic rings. The molecule has 0 fully saturated rings. The van der Waals surface area contributed by atoms with Gasteiger partial charge >= 0.3 is 5.97 Å². The number of rotatable bonds is 6. The number of aliphatic carboxylic acids is 1. The highest BCUT2D eigenvalue weighted by molar-refractivity contribution is 7.19. The Kier molecular flexibility index (Phi) is 6.43. The zero-order valence-electron chi connectivity index (χ0n) is 17.9. The summed E-state index contributed by atoms with van der Waals surface area (Å²) in [6, 6.07) is 24.7. The van der Waals surface area contributed by atoms with Crippen LogP contribution in [-0.2, 0) is 4.79 Å². The number of aromatic nitrogens is 1. The lowest BCUT2D eigenvalue weighted by atomic mass is 10.0. The Balaban J connectivity index is 1.79. The molecule has 0 aliphatic heterocycles. The quantitative estimate of drug-likeness (QED) is 0.316. The summed E-state index contributed by atoms with van der Waals surface area (Å²) >= 11 is 1.68. The Morgan fingerprint density at radius 3 is 1.97 bits per heavy atom. The van der Waals surface area contributed by atoms with E-state index < -0.39 is 5.97 Å². The summed E-state index contributed by atoms with van der Waals surface area (Å²) in [6.07, 6.45) is 6.85. The molecule has 0 atom stereocenters. The average Bonchev–Trinajstić information content (AvgIpc) is 3.25. The largest absolute Gasteiger partial charge is 0.478 e. The highest BCUT2D eigenvalue weighted by atomic mass is 32.1. The molecule has 0 amide bonds. The zero-order chi connectivity index (χ0) is 22.5. The molecular formula is C28H23NO2S. The van der Waals surface area contributed by atoms with Gasteiger partial charge in [-0.25, -0.2) is 9.78 Å². The van der Waals surface area contributed by atoms with Gasteiger partial charge in [0.05, 0.1) is 10.6 Å². The van der Waals surface area contributed by atoms with Crippen LogP contribution >= 0.6 is 11.3 Å². The predicted octanol–water partition coefficient (Wildman–Crippen LogP) is 7.58. The minimum absolute atomic E-state index is 0.836. The Bertz CT molecular complexity index is 1280. The van der Waals surface area contributed by atoms with Crippen molar-refractivity contribution in [1.29, 1.82) is 0 Å². The number of hydrogen-bond donors (Lipinski definition) is 1. The van der Waals surface area contributed by atoms with Gasteiger partial charge in [-0.1, -0.05) is 90.5 Å². The molecule has 1 heterocycles. The number of benzene rings is 3. The van der Waals surface area contributed by atoms with Gasteiger partial charge in [-0.2, -0.15) is 0 Å². The third-order valence-corrected chi connectivity index (χ3v) is 6.21. The lowest BCUT2D eigenvalue weighted by Gasteiger charge is -2.04. The second-order valence-corrected chi connectivity index (χ2v) is 8.48. The zero-order valence-corrected chi connectivity index (χ0v) is 18.8. The lowest BCUT2D eigenvalue weighted by molar-refractivity contribution is -0.131. The van der Waals surface area contributed by atoms with Crippen molar-refractivity contribution in [2.24, 2.45) is 0 Å². The van der Waals surface area contributed by atoms with Crippen LogP contribution in [-0.4, -0.2) is 16.1 Å². The summed E-state index contributed by atoms with van der Waals surface area (Å²) in [4.78, 5) is 16.9. The van der Waals surface area contributed by atoms with Crippen LogP contribution in [0.4, 0.5) is 0 Å². The fourth-order valence-corrected chi connectivity index (χ4v) is 4.49. The maximum absolute atomic E-state index is 10.8. The summed E-state index contributed by atoms with van der Waals surface area (Å²) in [5.74, 6) is -0.958. The number of carboxylic acids is 1. The topological polar surface area (TPSA) is 50.2 Å². The molecule has 0 radical (unpaired) electrons. The number of aryl methyl sites for hydroxylation is 1. The highest BCUT2D eigenvalue weighted by Gasteiger charge is 2.16. The van der Waals surface area contributed by atoms with Gasteiger partial charge in [0.15, 0.2) is 0 Å². The van der Waals surface area contributed by atoms with Gasteiger partial charge in [0.25, 0.3) is 0 Å². The van der Waals surface area contributed by atoms with Crippen molar-refractivity contribution in [3.63, 3.8) is 0 Å². The molecule has 158 valence electrons. The van der Waals surface area contributed by atoms with E-state index in [-0.39, 0.29) is 0 Å². The molecule has 0 aliphatic carbocycles. The van der Waals surface area contributed by atoms with E-state index in [1.807, 2.05) is 37.3 Å².